The Morgan fingerprint density at radius 2 is 2.10 bits per heavy atom. The second-order valence-electron chi connectivity index (χ2n) is 5.07. The Bertz CT molecular complexity index is 716. The highest BCUT2D eigenvalue weighted by atomic mass is 32.2. The van der Waals surface area contributed by atoms with E-state index in [0.29, 0.717) is 0 Å². The summed E-state index contributed by atoms with van der Waals surface area (Å²) in [4.78, 5) is 8.03. The Balaban J connectivity index is 1.80. The number of hydrogen-bond acceptors (Lipinski definition) is 3. The van der Waals surface area contributed by atoms with Crippen LogP contribution in [0.5, 0.6) is 0 Å². The molecule has 0 spiro atoms. The summed E-state index contributed by atoms with van der Waals surface area (Å²) in [6.45, 7) is 6.08. The molecule has 1 aromatic carbocycles. The summed E-state index contributed by atoms with van der Waals surface area (Å²) in [7, 11) is 0. The maximum atomic E-state index is 4.60. The van der Waals surface area contributed by atoms with Gasteiger partial charge in [-0.05, 0) is 36.7 Å². The fourth-order valence-electron chi connectivity index (χ4n) is 2.30. The third kappa shape index (κ3) is 3.28. The predicted molar refractivity (Wildman–Crippen MR) is 88.8 cm³/mol. The average molecular weight is 297 g/mol. The summed E-state index contributed by atoms with van der Waals surface area (Å²) in [5, 5.41) is 6.75. The van der Waals surface area contributed by atoms with Crippen LogP contribution in [0.25, 0.3) is 10.9 Å². The molecule has 3 rings (SSSR count). The average Bonchev–Trinajstić information content (AvgIpc) is 2.90. The summed E-state index contributed by atoms with van der Waals surface area (Å²) in [6, 6.07) is 12.7. The van der Waals surface area contributed by atoms with E-state index >= 15 is 0 Å². The highest BCUT2D eigenvalue weighted by Gasteiger charge is 2.07. The van der Waals surface area contributed by atoms with Gasteiger partial charge in [-0.3, -0.25) is 0 Å². The first-order chi connectivity index (χ1) is 10.3. The smallest absolute Gasteiger partial charge is 0.105 e. The number of para-hydroxylation sites is 1. The molecule has 3 nitrogen and oxygen atoms in total. The van der Waals surface area contributed by atoms with E-state index in [1.165, 1.54) is 22.0 Å². The van der Waals surface area contributed by atoms with E-state index in [0.717, 1.165) is 23.1 Å². The molecule has 0 atom stereocenters. The number of nitrogens with zero attached hydrogens (tertiary/aromatic N) is 1. The Morgan fingerprint density at radius 3 is 2.86 bits per heavy atom. The molecule has 2 N–H and O–H groups in total. The number of pyridine rings is 1. The van der Waals surface area contributed by atoms with Crippen LogP contribution >= 0.6 is 11.8 Å². The van der Waals surface area contributed by atoms with E-state index in [-0.39, 0.29) is 0 Å². The quantitative estimate of drug-likeness (QED) is 0.744. The van der Waals surface area contributed by atoms with Crippen LogP contribution in [0, 0.1) is 6.92 Å². The van der Waals surface area contributed by atoms with E-state index < -0.39 is 0 Å². The molecule has 4 heteroatoms. The van der Waals surface area contributed by atoms with Crippen LogP contribution in [0.1, 0.15) is 18.1 Å². The predicted octanol–water partition coefficient (Wildman–Crippen LogP) is 4.13. The van der Waals surface area contributed by atoms with Gasteiger partial charge in [0.1, 0.15) is 5.03 Å². The highest BCUT2D eigenvalue weighted by molar-refractivity contribution is 7.99. The zero-order valence-corrected chi connectivity index (χ0v) is 13.1. The van der Waals surface area contributed by atoms with Crippen molar-refractivity contribution in [2.75, 3.05) is 6.54 Å². The lowest BCUT2D eigenvalue weighted by Gasteiger charge is -2.06. The van der Waals surface area contributed by atoms with Crippen LogP contribution in [-0.2, 0) is 6.54 Å². The van der Waals surface area contributed by atoms with Gasteiger partial charge in [0.05, 0.1) is 5.03 Å². The molecular formula is C17H19N3S. The van der Waals surface area contributed by atoms with Crippen LogP contribution in [0.4, 0.5) is 0 Å². The number of aromatic nitrogens is 2. The summed E-state index contributed by atoms with van der Waals surface area (Å²) in [5.74, 6) is 0. The van der Waals surface area contributed by atoms with Crippen LogP contribution < -0.4 is 5.32 Å². The molecule has 108 valence electrons. The van der Waals surface area contributed by atoms with Crippen LogP contribution in [0.3, 0.4) is 0 Å². The van der Waals surface area contributed by atoms with Gasteiger partial charge < -0.3 is 10.3 Å². The third-order valence-corrected chi connectivity index (χ3v) is 4.44. The third-order valence-electron chi connectivity index (χ3n) is 3.38. The van der Waals surface area contributed by atoms with Crippen molar-refractivity contribution in [3.8, 4) is 0 Å². The number of fused-ring (bicyclic) bond motifs is 1. The second-order valence-corrected chi connectivity index (χ2v) is 6.10. The zero-order chi connectivity index (χ0) is 14.7. The van der Waals surface area contributed by atoms with E-state index in [4.69, 9.17) is 0 Å². The molecule has 2 heterocycles. The number of rotatable bonds is 5. The lowest BCUT2D eigenvalue weighted by molar-refractivity contribution is 0.721. The van der Waals surface area contributed by atoms with Gasteiger partial charge in [0.15, 0.2) is 0 Å². The monoisotopic (exact) mass is 297 g/mol. The molecule has 0 aliphatic heterocycles. The first-order valence-electron chi connectivity index (χ1n) is 7.18. The molecular weight excluding hydrogens is 278 g/mol. The Hall–Kier alpha value is -1.78. The molecule has 0 aliphatic carbocycles. The van der Waals surface area contributed by atoms with E-state index in [1.54, 1.807) is 11.8 Å². The number of hydrogen-bond donors (Lipinski definition) is 2. The topological polar surface area (TPSA) is 40.7 Å². The molecule has 0 saturated carbocycles. The van der Waals surface area contributed by atoms with E-state index in [2.05, 4.69) is 59.5 Å². The largest absolute Gasteiger partial charge is 0.349 e. The molecule has 0 fully saturated rings. The first kappa shape index (κ1) is 14.2. The van der Waals surface area contributed by atoms with Gasteiger partial charge in [-0.25, -0.2) is 4.98 Å². The molecule has 0 aliphatic rings. The number of H-pyrrole nitrogens is 1. The van der Waals surface area contributed by atoms with Gasteiger partial charge in [0.25, 0.3) is 0 Å². The van der Waals surface area contributed by atoms with Crippen molar-refractivity contribution < 1.29 is 0 Å². The normalized spacial score (nSPS) is 11.1. The standard InChI is InChI=1S/C17H19N3S/c1-3-18-10-13-8-12(2)17(19-11-13)21-16-9-14-6-4-5-7-15(14)20-16/h4-9,11,18,20H,3,10H2,1-2H3. The maximum Gasteiger partial charge on any atom is 0.105 e. The minimum Gasteiger partial charge on any atom is -0.349 e. The van der Waals surface area contributed by atoms with Crippen molar-refractivity contribution in [1.82, 2.24) is 15.3 Å². The Morgan fingerprint density at radius 1 is 1.24 bits per heavy atom. The SMILES string of the molecule is CCNCc1cnc(Sc2cc3ccccc3[nH]2)c(C)c1. The lowest BCUT2D eigenvalue weighted by Crippen LogP contribution is -2.12. The van der Waals surface area contributed by atoms with Crippen molar-refractivity contribution >= 4 is 22.7 Å². The Labute approximate surface area is 129 Å². The molecule has 0 bridgehead atoms. The summed E-state index contributed by atoms with van der Waals surface area (Å²) in [6.07, 6.45) is 1.96. The van der Waals surface area contributed by atoms with E-state index in [1.807, 2.05) is 12.3 Å². The minimum absolute atomic E-state index is 0.877. The molecule has 0 saturated heterocycles. The van der Waals surface area contributed by atoms with Crippen LogP contribution in [0.2, 0.25) is 0 Å². The van der Waals surface area contributed by atoms with Gasteiger partial charge in [0.2, 0.25) is 0 Å². The molecule has 0 amide bonds. The van der Waals surface area contributed by atoms with Gasteiger partial charge in [-0.1, -0.05) is 43.0 Å². The van der Waals surface area contributed by atoms with Crippen molar-refractivity contribution in [3.05, 3.63) is 53.7 Å². The van der Waals surface area contributed by atoms with E-state index in [9.17, 15) is 0 Å². The van der Waals surface area contributed by atoms with Crippen LogP contribution in [0.15, 0.2) is 52.6 Å². The van der Waals surface area contributed by atoms with Crippen molar-refractivity contribution in [1.29, 1.82) is 0 Å². The fraction of sp³-hybridized carbons (Fsp3) is 0.235. The molecule has 0 radical (unpaired) electrons. The van der Waals surface area contributed by atoms with Gasteiger partial charge in [0, 0.05) is 23.6 Å². The number of aromatic amines is 1. The van der Waals surface area contributed by atoms with Gasteiger partial charge in [-0.2, -0.15) is 0 Å². The number of nitrogens with one attached hydrogen (secondary N) is 2. The summed E-state index contributed by atoms with van der Waals surface area (Å²) >= 11 is 1.69. The molecule has 3 aromatic rings. The molecule has 21 heavy (non-hydrogen) atoms. The fourth-order valence-corrected chi connectivity index (χ4v) is 3.18. The zero-order valence-electron chi connectivity index (χ0n) is 12.3. The summed E-state index contributed by atoms with van der Waals surface area (Å²) in [5.41, 5.74) is 3.62. The number of benzene rings is 1. The number of aryl methyl sites for hydroxylation is 1. The van der Waals surface area contributed by atoms with Crippen molar-refractivity contribution in [2.24, 2.45) is 0 Å². The van der Waals surface area contributed by atoms with Crippen molar-refractivity contribution in [2.45, 2.75) is 30.4 Å². The summed E-state index contributed by atoms with van der Waals surface area (Å²) < 4.78 is 0. The van der Waals surface area contributed by atoms with Crippen molar-refractivity contribution in [3.63, 3.8) is 0 Å². The molecule has 2 aromatic heterocycles. The lowest BCUT2D eigenvalue weighted by atomic mass is 10.2. The van der Waals surface area contributed by atoms with Gasteiger partial charge >= 0.3 is 0 Å². The minimum atomic E-state index is 0.877. The first-order valence-corrected chi connectivity index (χ1v) is 8.00. The molecule has 0 unspecified atom stereocenters. The maximum absolute atomic E-state index is 4.60. The highest BCUT2D eigenvalue weighted by Crippen LogP contribution is 2.30. The Kier molecular flexibility index (Phi) is 4.27. The second kappa shape index (κ2) is 6.33. The van der Waals surface area contributed by atoms with Crippen LogP contribution in [-0.4, -0.2) is 16.5 Å². The van der Waals surface area contributed by atoms with Gasteiger partial charge in [-0.15, -0.1) is 0 Å².